The van der Waals surface area contributed by atoms with E-state index in [1.807, 2.05) is 6.92 Å². The maximum absolute atomic E-state index is 12.4. The van der Waals surface area contributed by atoms with E-state index in [1.165, 1.54) is 6.20 Å². The SMILES string of the molecule is CCCOCCC(NN)c1cnc(C(F)(F)F)s1. The van der Waals surface area contributed by atoms with Gasteiger partial charge in [0.05, 0.1) is 6.04 Å². The minimum atomic E-state index is -4.40. The molecule has 0 bridgehead atoms. The molecule has 4 nitrogen and oxygen atoms in total. The molecular formula is C10H16F3N3OS. The smallest absolute Gasteiger partial charge is 0.381 e. The van der Waals surface area contributed by atoms with Crippen LogP contribution in [-0.4, -0.2) is 18.2 Å². The Balaban J connectivity index is 2.57. The highest BCUT2D eigenvalue weighted by atomic mass is 32.1. The Kier molecular flexibility index (Phi) is 6.00. The lowest BCUT2D eigenvalue weighted by atomic mass is 10.2. The molecule has 0 aliphatic heterocycles. The van der Waals surface area contributed by atoms with Gasteiger partial charge in [-0.25, -0.2) is 4.98 Å². The third kappa shape index (κ3) is 4.52. The van der Waals surface area contributed by atoms with E-state index >= 15 is 0 Å². The van der Waals surface area contributed by atoms with Gasteiger partial charge in [0, 0.05) is 24.3 Å². The summed E-state index contributed by atoms with van der Waals surface area (Å²) in [5.74, 6) is 5.33. The lowest BCUT2D eigenvalue weighted by Crippen LogP contribution is -2.28. The van der Waals surface area contributed by atoms with E-state index in [0.29, 0.717) is 35.8 Å². The normalized spacial score (nSPS) is 13.8. The van der Waals surface area contributed by atoms with Crippen molar-refractivity contribution in [3.05, 3.63) is 16.1 Å². The van der Waals surface area contributed by atoms with Crippen LogP contribution >= 0.6 is 11.3 Å². The number of ether oxygens (including phenoxy) is 1. The molecule has 1 aromatic heterocycles. The lowest BCUT2D eigenvalue weighted by Gasteiger charge is -2.13. The fourth-order valence-electron chi connectivity index (χ4n) is 1.33. The third-order valence-electron chi connectivity index (χ3n) is 2.21. The Labute approximate surface area is 107 Å². The molecule has 0 aliphatic carbocycles. The molecule has 1 heterocycles. The van der Waals surface area contributed by atoms with Crippen LogP contribution < -0.4 is 11.3 Å². The topological polar surface area (TPSA) is 60.2 Å². The Morgan fingerprint density at radius 2 is 2.22 bits per heavy atom. The molecule has 0 radical (unpaired) electrons. The number of hydrogen-bond acceptors (Lipinski definition) is 5. The van der Waals surface area contributed by atoms with E-state index in [-0.39, 0.29) is 6.04 Å². The molecular weight excluding hydrogens is 267 g/mol. The summed E-state index contributed by atoms with van der Waals surface area (Å²) in [5.41, 5.74) is 2.48. The Hall–Kier alpha value is -0.700. The summed E-state index contributed by atoms with van der Waals surface area (Å²) >= 11 is 0.602. The first kappa shape index (κ1) is 15.4. The van der Waals surface area contributed by atoms with E-state index in [0.717, 1.165) is 6.42 Å². The maximum Gasteiger partial charge on any atom is 0.443 e. The van der Waals surface area contributed by atoms with Crippen LogP contribution in [0.1, 0.15) is 35.7 Å². The minimum Gasteiger partial charge on any atom is -0.381 e. The molecule has 0 saturated carbocycles. The molecule has 3 N–H and O–H groups in total. The van der Waals surface area contributed by atoms with Gasteiger partial charge in [0.2, 0.25) is 0 Å². The molecule has 0 aromatic carbocycles. The van der Waals surface area contributed by atoms with E-state index in [9.17, 15) is 13.2 Å². The summed E-state index contributed by atoms with van der Waals surface area (Å²) in [6, 6.07) is -0.365. The first-order valence-corrected chi connectivity index (χ1v) is 6.37. The van der Waals surface area contributed by atoms with Crippen LogP contribution in [0, 0.1) is 0 Å². The summed E-state index contributed by atoms with van der Waals surface area (Å²) in [6.07, 6.45) is -1.78. The molecule has 104 valence electrons. The molecule has 18 heavy (non-hydrogen) atoms. The van der Waals surface area contributed by atoms with Gasteiger partial charge in [-0.3, -0.25) is 11.3 Å². The zero-order chi connectivity index (χ0) is 13.6. The summed E-state index contributed by atoms with van der Waals surface area (Å²) in [5, 5.41) is -0.854. The van der Waals surface area contributed by atoms with Gasteiger partial charge in [-0.05, 0) is 12.8 Å². The van der Waals surface area contributed by atoms with Crippen LogP contribution in [0.25, 0.3) is 0 Å². The van der Waals surface area contributed by atoms with Crippen molar-refractivity contribution in [1.29, 1.82) is 0 Å². The van der Waals surface area contributed by atoms with E-state index in [2.05, 4.69) is 10.4 Å². The van der Waals surface area contributed by atoms with Crippen molar-refractivity contribution in [2.24, 2.45) is 5.84 Å². The molecule has 1 rings (SSSR count). The average molecular weight is 283 g/mol. The number of nitrogens with two attached hydrogens (primary N) is 1. The molecule has 0 amide bonds. The quantitative estimate of drug-likeness (QED) is 0.458. The molecule has 8 heteroatoms. The predicted octanol–water partition coefficient (Wildman–Crippen LogP) is 2.48. The van der Waals surface area contributed by atoms with Gasteiger partial charge in [0.25, 0.3) is 0 Å². The summed E-state index contributed by atoms with van der Waals surface area (Å²) in [4.78, 5) is 3.82. The van der Waals surface area contributed by atoms with Crippen molar-refractivity contribution in [3.63, 3.8) is 0 Å². The Bertz CT molecular complexity index is 356. The molecule has 0 spiro atoms. The Morgan fingerprint density at radius 3 is 2.72 bits per heavy atom. The second-order valence-corrected chi connectivity index (χ2v) is 4.75. The maximum atomic E-state index is 12.4. The van der Waals surface area contributed by atoms with Gasteiger partial charge in [-0.1, -0.05) is 6.92 Å². The number of hydrogen-bond donors (Lipinski definition) is 2. The van der Waals surface area contributed by atoms with E-state index < -0.39 is 11.2 Å². The van der Waals surface area contributed by atoms with Gasteiger partial charge in [0.15, 0.2) is 5.01 Å². The van der Waals surface area contributed by atoms with Gasteiger partial charge >= 0.3 is 6.18 Å². The number of thiazole rings is 1. The van der Waals surface area contributed by atoms with Crippen LogP contribution in [0.5, 0.6) is 0 Å². The fraction of sp³-hybridized carbons (Fsp3) is 0.700. The van der Waals surface area contributed by atoms with Gasteiger partial charge < -0.3 is 4.74 Å². The van der Waals surface area contributed by atoms with Gasteiger partial charge in [-0.15, -0.1) is 11.3 Å². The summed E-state index contributed by atoms with van der Waals surface area (Å²) in [6.45, 7) is 3.06. The molecule has 0 saturated heterocycles. The lowest BCUT2D eigenvalue weighted by molar-refractivity contribution is -0.137. The highest BCUT2D eigenvalue weighted by Crippen LogP contribution is 2.34. The summed E-state index contributed by atoms with van der Waals surface area (Å²) < 4.78 is 42.5. The first-order valence-electron chi connectivity index (χ1n) is 5.55. The fourth-order valence-corrected chi connectivity index (χ4v) is 2.21. The van der Waals surface area contributed by atoms with Crippen molar-refractivity contribution < 1.29 is 17.9 Å². The van der Waals surface area contributed by atoms with Crippen molar-refractivity contribution in [2.45, 2.75) is 32.0 Å². The Morgan fingerprint density at radius 1 is 1.50 bits per heavy atom. The number of hydrazine groups is 1. The van der Waals surface area contributed by atoms with Crippen LogP contribution in [0.3, 0.4) is 0 Å². The van der Waals surface area contributed by atoms with Crippen molar-refractivity contribution in [3.8, 4) is 0 Å². The first-order chi connectivity index (χ1) is 8.49. The molecule has 1 aromatic rings. The second kappa shape index (κ2) is 7.03. The number of halogens is 3. The standard InChI is InChI=1S/C10H16F3N3OS/c1-2-4-17-5-3-7(16-14)8-6-15-9(18-8)10(11,12)13/h6-7,16H,2-5,14H2,1H3. The molecule has 0 fully saturated rings. The largest absolute Gasteiger partial charge is 0.443 e. The average Bonchev–Trinajstić information content (AvgIpc) is 2.78. The minimum absolute atomic E-state index is 0.365. The van der Waals surface area contributed by atoms with Crippen molar-refractivity contribution in [2.75, 3.05) is 13.2 Å². The summed E-state index contributed by atoms with van der Waals surface area (Å²) in [7, 11) is 0. The van der Waals surface area contributed by atoms with Crippen molar-refractivity contribution >= 4 is 11.3 Å². The van der Waals surface area contributed by atoms with E-state index in [1.54, 1.807) is 0 Å². The highest BCUT2D eigenvalue weighted by molar-refractivity contribution is 7.11. The van der Waals surface area contributed by atoms with Gasteiger partial charge in [-0.2, -0.15) is 13.2 Å². The zero-order valence-electron chi connectivity index (χ0n) is 9.96. The highest BCUT2D eigenvalue weighted by Gasteiger charge is 2.35. The van der Waals surface area contributed by atoms with Gasteiger partial charge in [0.1, 0.15) is 0 Å². The third-order valence-corrected chi connectivity index (χ3v) is 3.37. The van der Waals surface area contributed by atoms with Crippen LogP contribution in [-0.2, 0) is 10.9 Å². The van der Waals surface area contributed by atoms with E-state index in [4.69, 9.17) is 10.6 Å². The number of nitrogens with zero attached hydrogens (tertiary/aromatic N) is 1. The monoisotopic (exact) mass is 283 g/mol. The number of nitrogens with one attached hydrogen (secondary N) is 1. The van der Waals surface area contributed by atoms with Crippen LogP contribution in [0.2, 0.25) is 0 Å². The number of rotatable bonds is 7. The van der Waals surface area contributed by atoms with Crippen LogP contribution in [0.4, 0.5) is 13.2 Å². The number of aromatic nitrogens is 1. The van der Waals surface area contributed by atoms with Crippen LogP contribution in [0.15, 0.2) is 6.20 Å². The predicted molar refractivity (Wildman–Crippen MR) is 62.9 cm³/mol. The second-order valence-electron chi connectivity index (χ2n) is 3.69. The zero-order valence-corrected chi connectivity index (χ0v) is 10.8. The van der Waals surface area contributed by atoms with Crippen molar-refractivity contribution in [1.82, 2.24) is 10.4 Å². The number of alkyl halides is 3. The molecule has 0 aliphatic rings. The molecule has 1 atom stereocenters. The molecule has 1 unspecified atom stereocenters.